The van der Waals surface area contributed by atoms with Crippen LogP contribution in [0.5, 0.6) is 0 Å². The molecule has 0 radical (unpaired) electrons. The minimum atomic E-state index is 0.632. The zero-order valence-electron chi connectivity index (χ0n) is 11.1. The summed E-state index contributed by atoms with van der Waals surface area (Å²) in [5, 5.41) is 4.45. The number of nitrogens with one attached hydrogen (secondary N) is 1. The maximum absolute atomic E-state index is 3.71. The van der Waals surface area contributed by atoms with Gasteiger partial charge in [-0.05, 0) is 43.9 Å². The maximum atomic E-state index is 3.71. The summed E-state index contributed by atoms with van der Waals surface area (Å²) in [6.07, 6.45) is 9.11. The molecule has 1 rings (SSSR count). The summed E-state index contributed by atoms with van der Waals surface area (Å²) < 4.78 is 0. The molecule has 0 aromatic rings. The van der Waals surface area contributed by atoms with E-state index in [9.17, 15) is 0 Å². The maximum Gasteiger partial charge on any atom is 0.0370 e. The van der Waals surface area contributed by atoms with Crippen molar-refractivity contribution in [2.45, 2.75) is 64.2 Å². The van der Waals surface area contributed by atoms with Crippen molar-refractivity contribution in [2.24, 2.45) is 0 Å². The molecular formula is C14H27NS. The van der Waals surface area contributed by atoms with Gasteiger partial charge in [-0.3, -0.25) is 0 Å². The summed E-state index contributed by atoms with van der Waals surface area (Å²) in [7, 11) is 0. The highest BCUT2D eigenvalue weighted by Gasteiger charge is 2.15. The van der Waals surface area contributed by atoms with Crippen LogP contribution >= 0.6 is 11.8 Å². The van der Waals surface area contributed by atoms with Gasteiger partial charge in [0, 0.05) is 11.8 Å². The minimum Gasteiger partial charge on any atom is -0.310 e. The topological polar surface area (TPSA) is 12.0 Å². The molecule has 0 heterocycles. The third-order valence-corrected chi connectivity index (χ3v) is 4.20. The quantitative estimate of drug-likeness (QED) is 0.676. The lowest BCUT2D eigenvalue weighted by Gasteiger charge is -2.25. The van der Waals surface area contributed by atoms with Crippen molar-refractivity contribution in [1.82, 2.24) is 5.32 Å². The van der Waals surface area contributed by atoms with Crippen LogP contribution in [0, 0.1) is 0 Å². The summed E-state index contributed by atoms with van der Waals surface area (Å²) >= 11 is 2.08. The average molecular weight is 241 g/mol. The van der Waals surface area contributed by atoms with E-state index in [0.29, 0.717) is 6.04 Å². The minimum absolute atomic E-state index is 0.632. The van der Waals surface area contributed by atoms with E-state index in [0.717, 1.165) is 11.8 Å². The first-order chi connectivity index (χ1) is 7.74. The zero-order valence-corrected chi connectivity index (χ0v) is 11.9. The van der Waals surface area contributed by atoms with Crippen LogP contribution in [0.2, 0.25) is 0 Å². The van der Waals surface area contributed by atoms with Crippen molar-refractivity contribution in [2.75, 3.05) is 12.3 Å². The van der Waals surface area contributed by atoms with Crippen molar-refractivity contribution in [3.63, 3.8) is 0 Å². The lowest BCUT2D eigenvalue weighted by atomic mass is 9.94. The Hall–Kier alpha value is 0.0500. The molecule has 0 saturated heterocycles. The second kappa shape index (κ2) is 8.19. The molecule has 1 aliphatic rings. The second-order valence-corrected chi connectivity index (χ2v) is 6.52. The molecule has 1 N–H and O–H groups in total. The van der Waals surface area contributed by atoms with E-state index >= 15 is 0 Å². The molecule has 1 atom stereocenters. The fourth-order valence-corrected chi connectivity index (χ4v) is 2.99. The van der Waals surface area contributed by atoms with Crippen molar-refractivity contribution in [3.05, 3.63) is 11.6 Å². The molecule has 0 fully saturated rings. The van der Waals surface area contributed by atoms with Crippen molar-refractivity contribution < 1.29 is 0 Å². The van der Waals surface area contributed by atoms with Gasteiger partial charge < -0.3 is 5.32 Å². The summed E-state index contributed by atoms with van der Waals surface area (Å²) in [5.74, 6) is 1.24. The average Bonchev–Trinajstić information content (AvgIpc) is 2.30. The third kappa shape index (κ3) is 5.40. The van der Waals surface area contributed by atoms with E-state index in [1.807, 2.05) is 0 Å². The number of thioether (sulfide) groups is 1. The molecule has 0 saturated carbocycles. The van der Waals surface area contributed by atoms with E-state index in [4.69, 9.17) is 0 Å². The van der Waals surface area contributed by atoms with Crippen LogP contribution in [0.4, 0.5) is 0 Å². The van der Waals surface area contributed by atoms with E-state index in [2.05, 4.69) is 43.9 Å². The van der Waals surface area contributed by atoms with Crippen LogP contribution in [0.25, 0.3) is 0 Å². The first-order valence-electron chi connectivity index (χ1n) is 6.78. The van der Waals surface area contributed by atoms with Crippen LogP contribution in [-0.4, -0.2) is 23.6 Å². The molecule has 94 valence electrons. The molecule has 0 aliphatic heterocycles. The highest BCUT2D eigenvalue weighted by Crippen LogP contribution is 2.23. The van der Waals surface area contributed by atoms with Gasteiger partial charge in [0.05, 0.1) is 0 Å². The predicted octanol–water partition coefficient (Wildman–Crippen LogP) is 4.00. The summed E-state index contributed by atoms with van der Waals surface area (Å²) in [6.45, 7) is 7.98. The van der Waals surface area contributed by atoms with Gasteiger partial charge in [0.2, 0.25) is 0 Å². The third-order valence-electron chi connectivity index (χ3n) is 3.01. The largest absolute Gasteiger partial charge is 0.310 e. The van der Waals surface area contributed by atoms with Crippen LogP contribution in [0.1, 0.15) is 52.9 Å². The predicted molar refractivity (Wildman–Crippen MR) is 76.2 cm³/mol. The van der Waals surface area contributed by atoms with Gasteiger partial charge in [-0.15, -0.1) is 0 Å². The Kier molecular flexibility index (Phi) is 7.22. The van der Waals surface area contributed by atoms with E-state index in [-0.39, 0.29) is 0 Å². The normalized spacial score (nSPS) is 18.6. The highest BCUT2D eigenvalue weighted by molar-refractivity contribution is 7.99. The number of hydrogen-bond donors (Lipinski definition) is 1. The summed E-state index contributed by atoms with van der Waals surface area (Å²) in [5.41, 5.74) is 1.67. The Morgan fingerprint density at radius 1 is 1.38 bits per heavy atom. The molecule has 0 aromatic carbocycles. The second-order valence-electron chi connectivity index (χ2n) is 4.91. The van der Waals surface area contributed by atoms with E-state index in [1.54, 1.807) is 5.57 Å². The van der Waals surface area contributed by atoms with Gasteiger partial charge in [0.15, 0.2) is 0 Å². The van der Waals surface area contributed by atoms with Gasteiger partial charge >= 0.3 is 0 Å². The van der Waals surface area contributed by atoms with Gasteiger partial charge in [-0.2, -0.15) is 11.8 Å². The van der Waals surface area contributed by atoms with Crippen LogP contribution < -0.4 is 5.32 Å². The number of allylic oxidation sites excluding steroid dienone is 1. The standard InChI is InChI=1S/C14H27NS/c1-4-10-15-14(11-16-12(2)3)13-8-6-5-7-9-13/h8,12,14-15H,4-7,9-11H2,1-3H3. The van der Waals surface area contributed by atoms with Gasteiger partial charge in [-0.25, -0.2) is 0 Å². The summed E-state index contributed by atoms with van der Waals surface area (Å²) in [6, 6.07) is 0.632. The lowest BCUT2D eigenvalue weighted by Crippen LogP contribution is -2.34. The zero-order chi connectivity index (χ0) is 11.8. The Bertz CT molecular complexity index is 211. The smallest absolute Gasteiger partial charge is 0.0370 e. The molecule has 1 nitrogen and oxygen atoms in total. The number of rotatable bonds is 7. The molecule has 1 aliphatic carbocycles. The first-order valence-corrected chi connectivity index (χ1v) is 7.82. The first kappa shape index (κ1) is 14.1. The van der Waals surface area contributed by atoms with Crippen molar-refractivity contribution in [3.8, 4) is 0 Å². The molecule has 16 heavy (non-hydrogen) atoms. The molecular weight excluding hydrogens is 214 g/mol. The fraction of sp³-hybridized carbons (Fsp3) is 0.857. The Labute approximate surface area is 105 Å². The Balaban J connectivity index is 2.44. The fourth-order valence-electron chi connectivity index (χ4n) is 2.08. The molecule has 0 aromatic heterocycles. The van der Waals surface area contributed by atoms with Crippen molar-refractivity contribution >= 4 is 11.8 Å². The van der Waals surface area contributed by atoms with Crippen LogP contribution in [0.3, 0.4) is 0 Å². The van der Waals surface area contributed by atoms with Crippen molar-refractivity contribution in [1.29, 1.82) is 0 Å². The molecule has 0 bridgehead atoms. The Morgan fingerprint density at radius 2 is 2.19 bits per heavy atom. The number of hydrogen-bond acceptors (Lipinski definition) is 2. The lowest BCUT2D eigenvalue weighted by molar-refractivity contribution is 0.562. The van der Waals surface area contributed by atoms with Gasteiger partial charge in [-0.1, -0.05) is 32.4 Å². The molecule has 0 amide bonds. The van der Waals surface area contributed by atoms with Crippen LogP contribution in [-0.2, 0) is 0 Å². The molecule has 0 spiro atoms. The molecule has 2 heteroatoms. The van der Waals surface area contributed by atoms with Crippen LogP contribution in [0.15, 0.2) is 11.6 Å². The molecule has 1 unspecified atom stereocenters. The SMILES string of the molecule is CCCNC(CSC(C)C)C1=CCCCC1. The summed E-state index contributed by atoms with van der Waals surface area (Å²) in [4.78, 5) is 0. The van der Waals surface area contributed by atoms with E-state index < -0.39 is 0 Å². The highest BCUT2D eigenvalue weighted by atomic mass is 32.2. The van der Waals surface area contributed by atoms with Gasteiger partial charge in [0.25, 0.3) is 0 Å². The van der Waals surface area contributed by atoms with E-state index in [1.165, 1.54) is 37.9 Å². The Morgan fingerprint density at radius 3 is 2.75 bits per heavy atom. The van der Waals surface area contributed by atoms with Gasteiger partial charge in [0.1, 0.15) is 0 Å². The monoisotopic (exact) mass is 241 g/mol.